The van der Waals surface area contributed by atoms with Crippen LogP contribution >= 0.6 is 0 Å². The number of oxazole rings is 1. The quantitative estimate of drug-likeness (QED) is 0.292. The third-order valence-electron chi connectivity index (χ3n) is 3.12. The van der Waals surface area contributed by atoms with Gasteiger partial charge in [-0.2, -0.15) is 0 Å². The summed E-state index contributed by atoms with van der Waals surface area (Å²) in [4.78, 5) is 12.2. The van der Waals surface area contributed by atoms with Crippen LogP contribution in [-0.2, 0) is 0 Å². The van der Waals surface area contributed by atoms with Gasteiger partial charge in [0, 0.05) is 18.0 Å². The van der Waals surface area contributed by atoms with E-state index in [0.717, 1.165) is 5.56 Å². The summed E-state index contributed by atoms with van der Waals surface area (Å²) in [6.07, 6.45) is 4.47. The molecule has 0 aliphatic rings. The van der Waals surface area contributed by atoms with E-state index in [1.165, 1.54) is 18.0 Å². The molecular formula is C15H14N6O2. The molecular weight excluding hydrogens is 296 g/mol. The molecule has 8 heteroatoms. The molecule has 2 heterocycles. The second-order valence-electron chi connectivity index (χ2n) is 4.80. The molecule has 0 bridgehead atoms. The Labute approximate surface area is 131 Å². The Hall–Kier alpha value is -3.42. The first kappa shape index (κ1) is 14.5. The summed E-state index contributed by atoms with van der Waals surface area (Å²) in [5.41, 5.74) is 7.95. The Kier molecular flexibility index (Phi) is 3.88. The van der Waals surface area contributed by atoms with Crippen molar-refractivity contribution in [3.63, 3.8) is 0 Å². The van der Waals surface area contributed by atoms with Crippen LogP contribution in [0.2, 0.25) is 0 Å². The van der Waals surface area contributed by atoms with Crippen molar-refractivity contribution < 1.29 is 9.62 Å². The number of hydrogen-bond acceptors (Lipinski definition) is 7. The largest absolute Gasteiger partial charge is 0.423 e. The first-order valence-corrected chi connectivity index (χ1v) is 6.75. The number of benzene rings is 1. The van der Waals surface area contributed by atoms with Crippen molar-refractivity contribution >= 4 is 17.8 Å². The maximum Gasteiger partial charge on any atom is 0.302 e. The Bertz CT molecular complexity index is 824. The Morgan fingerprint density at radius 1 is 1.13 bits per heavy atom. The number of nitrogens with two attached hydrogens (primary N) is 1. The highest BCUT2D eigenvalue weighted by molar-refractivity contribution is 5.96. The molecule has 0 saturated heterocycles. The molecule has 116 valence electrons. The van der Waals surface area contributed by atoms with Gasteiger partial charge >= 0.3 is 6.01 Å². The van der Waals surface area contributed by atoms with E-state index in [2.05, 4.69) is 25.4 Å². The number of nitrogens with one attached hydrogen (secondary N) is 1. The van der Waals surface area contributed by atoms with E-state index in [9.17, 15) is 0 Å². The summed E-state index contributed by atoms with van der Waals surface area (Å²) in [5, 5.41) is 14.3. The summed E-state index contributed by atoms with van der Waals surface area (Å²) in [5.74, 6) is 0.868. The summed E-state index contributed by atoms with van der Waals surface area (Å²) in [7, 11) is 0. The molecule has 0 amide bonds. The van der Waals surface area contributed by atoms with Crippen LogP contribution in [-0.4, -0.2) is 26.0 Å². The Morgan fingerprint density at radius 2 is 1.83 bits per heavy atom. The van der Waals surface area contributed by atoms with Crippen molar-refractivity contribution in [3.05, 3.63) is 54.0 Å². The molecule has 3 rings (SSSR count). The molecule has 0 unspecified atom stereocenters. The highest BCUT2D eigenvalue weighted by atomic mass is 16.4. The van der Waals surface area contributed by atoms with E-state index in [1.54, 1.807) is 6.20 Å². The molecule has 0 aliphatic carbocycles. The number of oxime groups is 1. The lowest BCUT2D eigenvalue weighted by Gasteiger charge is -2.01. The minimum Gasteiger partial charge on any atom is -0.423 e. The fourth-order valence-electron chi connectivity index (χ4n) is 1.86. The first-order chi connectivity index (χ1) is 11.2. The van der Waals surface area contributed by atoms with Crippen LogP contribution in [0.5, 0.6) is 0 Å². The summed E-state index contributed by atoms with van der Waals surface area (Å²) >= 11 is 0. The lowest BCUT2D eigenvalue weighted by molar-refractivity contribution is 0.318. The molecule has 0 atom stereocenters. The van der Waals surface area contributed by atoms with Crippen molar-refractivity contribution in [2.75, 3.05) is 5.32 Å². The van der Waals surface area contributed by atoms with Crippen LogP contribution in [0, 0.1) is 6.92 Å². The van der Waals surface area contributed by atoms with Crippen molar-refractivity contribution in [1.82, 2.24) is 15.0 Å². The fourth-order valence-corrected chi connectivity index (χ4v) is 1.86. The average Bonchev–Trinajstić information content (AvgIpc) is 3.04. The summed E-state index contributed by atoms with van der Waals surface area (Å²) in [6, 6.07) is 8.20. The van der Waals surface area contributed by atoms with Crippen LogP contribution in [0.15, 0.2) is 52.4 Å². The average molecular weight is 310 g/mol. The molecule has 0 spiro atoms. The number of nitrogens with zero attached hydrogens (tertiary/aromatic N) is 4. The maximum absolute atomic E-state index is 8.59. The minimum absolute atomic E-state index is 0.0608. The van der Waals surface area contributed by atoms with Gasteiger partial charge in [0.2, 0.25) is 5.95 Å². The zero-order valence-electron chi connectivity index (χ0n) is 12.3. The molecule has 0 saturated carbocycles. The first-order valence-electron chi connectivity index (χ1n) is 6.75. The third kappa shape index (κ3) is 3.26. The second-order valence-corrected chi connectivity index (χ2v) is 4.80. The number of hydrogen-bond donors (Lipinski definition) is 3. The second kappa shape index (κ2) is 6.14. The highest BCUT2D eigenvalue weighted by Crippen LogP contribution is 2.23. The van der Waals surface area contributed by atoms with Crippen molar-refractivity contribution in [2.24, 2.45) is 10.9 Å². The SMILES string of the molecule is Cc1ccc(-c2cnc(Nc3ncc(/C(N)=N\O)cn3)o2)cc1. The van der Waals surface area contributed by atoms with E-state index < -0.39 is 0 Å². The fraction of sp³-hybridized carbons (Fsp3) is 0.0667. The van der Waals surface area contributed by atoms with Gasteiger partial charge < -0.3 is 15.4 Å². The number of aromatic nitrogens is 3. The highest BCUT2D eigenvalue weighted by Gasteiger charge is 2.08. The van der Waals surface area contributed by atoms with E-state index in [4.69, 9.17) is 15.4 Å². The molecule has 0 fully saturated rings. The van der Waals surface area contributed by atoms with Crippen LogP contribution in [0.1, 0.15) is 11.1 Å². The van der Waals surface area contributed by atoms with E-state index in [-0.39, 0.29) is 17.8 Å². The Morgan fingerprint density at radius 3 is 2.48 bits per heavy atom. The van der Waals surface area contributed by atoms with Crippen molar-refractivity contribution in [1.29, 1.82) is 0 Å². The number of amidine groups is 1. The number of aryl methyl sites for hydroxylation is 1. The van der Waals surface area contributed by atoms with Crippen molar-refractivity contribution in [3.8, 4) is 11.3 Å². The van der Waals surface area contributed by atoms with Crippen molar-refractivity contribution in [2.45, 2.75) is 6.92 Å². The lowest BCUT2D eigenvalue weighted by atomic mass is 10.1. The summed E-state index contributed by atoms with van der Waals surface area (Å²) < 4.78 is 5.62. The minimum atomic E-state index is -0.0608. The van der Waals surface area contributed by atoms with Gasteiger partial charge in [0.05, 0.1) is 11.8 Å². The molecule has 4 N–H and O–H groups in total. The van der Waals surface area contributed by atoms with E-state index >= 15 is 0 Å². The third-order valence-corrected chi connectivity index (χ3v) is 3.12. The standard InChI is InChI=1S/C15H14N6O2/c1-9-2-4-10(5-3-9)12-8-19-15(23-12)20-14-17-6-11(7-18-14)13(16)21-22/h2-8,22H,1H3,(H2,16,21)(H,17,18,19,20). The molecule has 23 heavy (non-hydrogen) atoms. The van der Waals surface area contributed by atoms with E-state index in [1.807, 2.05) is 31.2 Å². The lowest BCUT2D eigenvalue weighted by Crippen LogP contribution is -2.14. The van der Waals surface area contributed by atoms with E-state index in [0.29, 0.717) is 11.3 Å². The molecule has 3 aromatic rings. The number of rotatable bonds is 4. The van der Waals surface area contributed by atoms with Crippen LogP contribution < -0.4 is 11.1 Å². The molecule has 1 aromatic carbocycles. The monoisotopic (exact) mass is 310 g/mol. The topological polar surface area (TPSA) is 122 Å². The predicted molar refractivity (Wildman–Crippen MR) is 84.5 cm³/mol. The van der Waals surface area contributed by atoms with Gasteiger partial charge in [0.15, 0.2) is 11.6 Å². The van der Waals surface area contributed by atoms with Crippen LogP contribution in [0.4, 0.5) is 12.0 Å². The molecule has 2 aromatic heterocycles. The maximum atomic E-state index is 8.59. The normalized spacial score (nSPS) is 11.4. The number of anilines is 2. The zero-order chi connectivity index (χ0) is 16.2. The van der Waals surface area contributed by atoms with Crippen LogP contribution in [0.3, 0.4) is 0 Å². The van der Waals surface area contributed by atoms with Gasteiger partial charge in [-0.1, -0.05) is 35.0 Å². The van der Waals surface area contributed by atoms with Gasteiger partial charge in [0.1, 0.15) is 0 Å². The summed E-state index contributed by atoms with van der Waals surface area (Å²) in [6.45, 7) is 2.02. The van der Waals surface area contributed by atoms with Gasteiger partial charge in [-0.05, 0) is 6.92 Å². The van der Waals surface area contributed by atoms with Gasteiger partial charge in [0.25, 0.3) is 0 Å². The molecule has 0 aliphatic heterocycles. The van der Waals surface area contributed by atoms with Gasteiger partial charge in [-0.25, -0.2) is 15.0 Å². The Balaban J connectivity index is 1.75. The zero-order valence-corrected chi connectivity index (χ0v) is 12.3. The molecule has 8 nitrogen and oxygen atoms in total. The van der Waals surface area contributed by atoms with Gasteiger partial charge in [-0.3, -0.25) is 5.32 Å². The predicted octanol–water partition coefficient (Wildman–Crippen LogP) is 2.28. The van der Waals surface area contributed by atoms with Crippen LogP contribution in [0.25, 0.3) is 11.3 Å². The molecule has 0 radical (unpaired) electrons. The van der Waals surface area contributed by atoms with Gasteiger partial charge in [-0.15, -0.1) is 0 Å². The smallest absolute Gasteiger partial charge is 0.302 e.